The van der Waals surface area contributed by atoms with Crippen LogP contribution in [0.2, 0.25) is 0 Å². The zero-order chi connectivity index (χ0) is 13.0. The van der Waals surface area contributed by atoms with Crippen LogP contribution in [0.1, 0.15) is 18.0 Å². The summed E-state index contributed by atoms with van der Waals surface area (Å²) >= 11 is 0. The van der Waals surface area contributed by atoms with E-state index in [1.54, 1.807) is 13.3 Å². The summed E-state index contributed by atoms with van der Waals surface area (Å²) in [7, 11) is 3.04. The SMILES string of the molecule is COC(=O)[C@@H]1CCNC[C@H]1c1ccc(OC)cn1. The number of carbonyl (C=O) groups excluding carboxylic acids is 1. The molecule has 2 rings (SSSR count). The number of aromatic nitrogens is 1. The molecular formula is C13H18N2O3. The van der Waals surface area contributed by atoms with E-state index < -0.39 is 0 Å². The lowest BCUT2D eigenvalue weighted by Gasteiger charge is -2.29. The summed E-state index contributed by atoms with van der Waals surface area (Å²) in [5.41, 5.74) is 0.901. The largest absolute Gasteiger partial charge is 0.495 e. The van der Waals surface area contributed by atoms with Gasteiger partial charge in [0.15, 0.2) is 0 Å². The first-order valence-electron chi connectivity index (χ1n) is 6.04. The van der Waals surface area contributed by atoms with Gasteiger partial charge in [0.25, 0.3) is 0 Å². The van der Waals surface area contributed by atoms with Crippen molar-refractivity contribution < 1.29 is 14.3 Å². The van der Waals surface area contributed by atoms with Gasteiger partial charge in [-0.3, -0.25) is 9.78 Å². The van der Waals surface area contributed by atoms with Gasteiger partial charge in [0, 0.05) is 18.2 Å². The van der Waals surface area contributed by atoms with E-state index in [0.717, 1.165) is 31.0 Å². The van der Waals surface area contributed by atoms with Crippen LogP contribution in [0.3, 0.4) is 0 Å². The Morgan fingerprint density at radius 2 is 2.28 bits per heavy atom. The maximum Gasteiger partial charge on any atom is 0.309 e. The monoisotopic (exact) mass is 250 g/mol. The van der Waals surface area contributed by atoms with E-state index in [1.807, 2.05) is 12.1 Å². The maximum atomic E-state index is 11.8. The van der Waals surface area contributed by atoms with Crippen LogP contribution in [0.5, 0.6) is 5.75 Å². The van der Waals surface area contributed by atoms with Gasteiger partial charge in [-0.05, 0) is 25.1 Å². The summed E-state index contributed by atoms with van der Waals surface area (Å²) in [5.74, 6) is 0.519. The lowest BCUT2D eigenvalue weighted by molar-refractivity contribution is -0.147. The zero-order valence-corrected chi connectivity index (χ0v) is 10.7. The summed E-state index contributed by atoms with van der Waals surface area (Å²) in [5, 5.41) is 3.29. The average molecular weight is 250 g/mol. The molecule has 98 valence electrons. The fourth-order valence-electron chi connectivity index (χ4n) is 2.33. The molecule has 18 heavy (non-hydrogen) atoms. The third-order valence-electron chi connectivity index (χ3n) is 3.36. The molecule has 0 bridgehead atoms. The second-order valence-electron chi connectivity index (χ2n) is 4.35. The van der Waals surface area contributed by atoms with Gasteiger partial charge < -0.3 is 14.8 Å². The molecule has 0 spiro atoms. The summed E-state index contributed by atoms with van der Waals surface area (Å²) in [4.78, 5) is 16.1. The first-order chi connectivity index (χ1) is 8.76. The van der Waals surface area contributed by atoms with Crippen molar-refractivity contribution in [1.29, 1.82) is 0 Å². The number of piperidine rings is 1. The number of methoxy groups -OCH3 is 2. The fourth-order valence-corrected chi connectivity index (χ4v) is 2.33. The summed E-state index contributed by atoms with van der Waals surface area (Å²) in [6.45, 7) is 1.59. The van der Waals surface area contributed by atoms with E-state index >= 15 is 0 Å². The van der Waals surface area contributed by atoms with Crippen molar-refractivity contribution in [2.45, 2.75) is 12.3 Å². The Kier molecular flexibility index (Phi) is 4.15. The van der Waals surface area contributed by atoms with E-state index in [-0.39, 0.29) is 17.8 Å². The van der Waals surface area contributed by atoms with Crippen LogP contribution in [-0.4, -0.2) is 38.3 Å². The van der Waals surface area contributed by atoms with Crippen LogP contribution >= 0.6 is 0 Å². The molecule has 0 saturated carbocycles. The first-order valence-corrected chi connectivity index (χ1v) is 6.04. The number of esters is 1. The topological polar surface area (TPSA) is 60.5 Å². The lowest BCUT2D eigenvalue weighted by Crippen LogP contribution is -2.39. The standard InChI is InChI=1S/C13H18N2O3/c1-17-9-3-4-12(15-7-9)11-8-14-6-5-10(11)13(16)18-2/h3-4,7,10-11,14H,5-6,8H2,1-2H3/t10-,11-/m1/s1. The Bertz CT molecular complexity index is 405. The predicted octanol–water partition coefficient (Wildman–Crippen LogP) is 0.956. The third kappa shape index (κ3) is 2.61. The van der Waals surface area contributed by atoms with Crippen molar-refractivity contribution in [2.24, 2.45) is 5.92 Å². The predicted molar refractivity (Wildman–Crippen MR) is 66.5 cm³/mol. The Balaban J connectivity index is 2.19. The molecule has 0 amide bonds. The number of ether oxygens (including phenoxy) is 2. The molecule has 0 unspecified atom stereocenters. The van der Waals surface area contributed by atoms with Gasteiger partial charge in [-0.15, -0.1) is 0 Å². The minimum atomic E-state index is -0.154. The maximum absolute atomic E-state index is 11.8. The Hall–Kier alpha value is -1.62. The number of rotatable bonds is 3. The molecule has 0 radical (unpaired) electrons. The van der Waals surface area contributed by atoms with Crippen LogP contribution in [-0.2, 0) is 9.53 Å². The van der Waals surface area contributed by atoms with Crippen LogP contribution in [0.25, 0.3) is 0 Å². The number of hydrogen-bond acceptors (Lipinski definition) is 5. The molecule has 5 nitrogen and oxygen atoms in total. The van der Waals surface area contributed by atoms with Gasteiger partial charge in [0.05, 0.1) is 26.3 Å². The summed E-state index contributed by atoms with van der Waals surface area (Å²) < 4.78 is 9.95. The van der Waals surface area contributed by atoms with Crippen molar-refractivity contribution in [1.82, 2.24) is 10.3 Å². The average Bonchev–Trinajstić information content (AvgIpc) is 2.46. The van der Waals surface area contributed by atoms with E-state index in [1.165, 1.54) is 7.11 Å². The smallest absolute Gasteiger partial charge is 0.309 e. The highest BCUT2D eigenvalue weighted by atomic mass is 16.5. The van der Waals surface area contributed by atoms with Gasteiger partial charge in [0.2, 0.25) is 0 Å². The van der Waals surface area contributed by atoms with Gasteiger partial charge in [-0.1, -0.05) is 0 Å². The first kappa shape index (κ1) is 12.8. The number of carbonyl (C=O) groups is 1. The molecule has 5 heteroatoms. The van der Waals surface area contributed by atoms with Crippen molar-refractivity contribution in [3.8, 4) is 5.75 Å². The zero-order valence-electron chi connectivity index (χ0n) is 10.7. The molecule has 1 fully saturated rings. The second kappa shape index (κ2) is 5.82. The number of nitrogens with zero attached hydrogens (tertiary/aromatic N) is 1. The van der Waals surface area contributed by atoms with Gasteiger partial charge in [0.1, 0.15) is 5.75 Å². The molecule has 1 aliphatic rings. The molecule has 1 saturated heterocycles. The highest BCUT2D eigenvalue weighted by Crippen LogP contribution is 2.29. The van der Waals surface area contributed by atoms with Crippen LogP contribution in [0.4, 0.5) is 0 Å². The molecule has 1 N–H and O–H groups in total. The number of pyridine rings is 1. The van der Waals surface area contributed by atoms with E-state index in [0.29, 0.717) is 0 Å². The Labute approximate surface area is 107 Å². The third-order valence-corrected chi connectivity index (χ3v) is 3.36. The van der Waals surface area contributed by atoms with Crippen molar-refractivity contribution in [3.05, 3.63) is 24.0 Å². The lowest BCUT2D eigenvalue weighted by atomic mass is 9.84. The summed E-state index contributed by atoms with van der Waals surface area (Å²) in [6.07, 6.45) is 2.46. The Morgan fingerprint density at radius 3 is 2.89 bits per heavy atom. The molecule has 2 heterocycles. The van der Waals surface area contributed by atoms with Crippen molar-refractivity contribution in [3.63, 3.8) is 0 Å². The Morgan fingerprint density at radius 1 is 1.44 bits per heavy atom. The van der Waals surface area contributed by atoms with Gasteiger partial charge in [-0.2, -0.15) is 0 Å². The number of nitrogens with one attached hydrogen (secondary N) is 1. The molecule has 0 aliphatic carbocycles. The quantitative estimate of drug-likeness (QED) is 0.810. The van der Waals surface area contributed by atoms with Gasteiger partial charge >= 0.3 is 5.97 Å². The van der Waals surface area contributed by atoms with Gasteiger partial charge in [-0.25, -0.2) is 0 Å². The minimum absolute atomic E-state index is 0.0668. The number of hydrogen-bond donors (Lipinski definition) is 1. The van der Waals surface area contributed by atoms with Crippen LogP contribution < -0.4 is 10.1 Å². The highest BCUT2D eigenvalue weighted by Gasteiger charge is 2.33. The molecule has 2 atom stereocenters. The van der Waals surface area contributed by atoms with Crippen molar-refractivity contribution in [2.75, 3.05) is 27.3 Å². The van der Waals surface area contributed by atoms with E-state index in [2.05, 4.69) is 10.3 Å². The van der Waals surface area contributed by atoms with E-state index in [9.17, 15) is 4.79 Å². The molecule has 1 aromatic rings. The van der Waals surface area contributed by atoms with Crippen LogP contribution in [0, 0.1) is 5.92 Å². The normalized spacial score (nSPS) is 23.4. The minimum Gasteiger partial charge on any atom is -0.495 e. The molecule has 1 aliphatic heterocycles. The highest BCUT2D eigenvalue weighted by molar-refractivity contribution is 5.73. The van der Waals surface area contributed by atoms with Crippen LogP contribution in [0.15, 0.2) is 18.3 Å². The summed E-state index contributed by atoms with van der Waals surface area (Å²) in [6, 6.07) is 3.78. The second-order valence-corrected chi connectivity index (χ2v) is 4.35. The fraction of sp³-hybridized carbons (Fsp3) is 0.538. The molecular weight excluding hydrogens is 232 g/mol. The van der Waals surface area contributed by atoms with E-state index in [4.69, 9.17) is 9.47 Å². The molecule has 0 aromatic carbocycles. The molecule has 1 aromatic heterocycles. The van der Waals surface area contributed by atoms with Crippen molar-refractivity contribution >= 4 is 5.97 Å².